The maximum Gasteiger partial charge on any atom is 0.345 e. The molecule has 0 radical (unpaired) electrons. The van der Waals surface area contributed by atoms with Crippen molar-refractivity contribution in [3.63, 3.8) is 0 Å². The Morgan fingerprint density at radius 2 is 1.96 bits per heavy atom. The summed E-state index contributed by atoms with van der Waals surface area (Å²) >= 11 is 0. The molecule has 0 aromatic heterocycles. The van der Waals surface area contributed by atoms with Gasteiger partial charge in [-0.2, -0.15) is 8.42 Å². The average Bonchev–Trinajstić information content (AvgIpc) is 2.50. The zero-order valence-electron chi connectivity index (χ0n) is 14.1. The number of benzene rings is 1. The summed E-state index contributed by atoms with van der Waals surface area (Å²) in [5.74, 6) is -0.495. The van der Waals surface area contributed by atoms with Crippen molar-refractivity contribution in [2.45, 2.75) is 19.9 Å². The van der Waals surface area contributed by atoms with Crippen molar-refractivity contribution in [3.05, 3.63) is 47.2 Å². The van der Waals surface area contributed by atoms with Crippen molar-refractivity contribution < 1.29 is 17.9 Å². The highest BCUT2D eigenvalue weighted by Gasteiger charge is 2.30. The molecule has 8 heteroatoms. The molecule has 1 heterocycles. The van der Waals surface area contributed by atoms with E-state index < -0.39 is 16.1 Å². The first kappa shape index (κ1) is 18.2. The number of carbonyl (C=O) groups excluding carboxylic acids is 1. The van der Waals surface area contributed by atoms with E-state index in [1.165, 1.54) is 20.2 Å². The van der Waals surface area contributed by atoms with E-state index in [0.29, 0.717) is 12.2 Å². The molecule has 1 atom stereocenters. The van der Waals surface area contributed by atoms with Gasteiger partial charge in [-0.15, -0.1) is 4.40 Å². The minimum Gasteiger partial charge on any atom is -0.383 e. The molecule has 0 aliphatic carbocycles. The number of likely N-dealkylation sites (N-methyl/N-ethyl adjacent to an activating group) is 1. The summed E-state index contributed by atoms with van der Waals surface area (Å²) in [7, 11) is -1.12. The number of nitrogens with zero attached hydrogens (tertiary/aromatic N) is 2. The van der Waals surface area contributed by atoms with E-state index in [1.807, 2.05) is 19.1 Å². The van der Waals surface area contributed by atoms with E-state index in [4.69, 9.17) is 4.74 Å². The first-order valence-corrected chi connectivity index (χ1v) is 8.81. The second-order valence-corrected chi connectivity index (χ2v) is 7.27. The minimum absolute atomic E-state index is 0.0172. The number of hydrogen-bond acceptors (Lipinski definition) is 4. The molecule has 0 bridgehead atoms. The number of ether oxygens (including phenoxy) is 1. The van der Waals surface area contributed by atoms with Crippen molar-refractivity contribution in [1.82, 2.24) is 9.62 Å². The highest BCUT2D eigenvalue weighted by molar-refractivity contribution is 7.88. The van der Waals surface area contributed by atoms with Gasteiger partial charge in [0.15, 0.2) is 0 Å². The van der Waals surface area contributed by atoms with Crippen LogP contribution in [0.5, 0.6) is 0 Å². The second-order valence-electron chi connectivity index (χ2n) is 5.65. The fourth-order valence-corrected chi connectivity index (χ4v) is 3.13. The molecule has 0 fully saturated rings. The van der Waals surface area contributed by atoms with Crippen molar-refractivity contribution in [2.75, 3.05) is 20.8 Å². The van der Waals surface area contributed by atoms with Crippen LogP contribution in [-0.2, 0) is 19.7 Å². The third-order valence-corrected chi connectivity index (χ3v) is 4.86. The molecule has 7 nitrogen and oxygen atoms in total. The zero-order chi connectivity index (χ0) is 17.9. The van der Waals surface area contributed by atoms with Crippen molar-refractivity contribution in [1.29, 1.82) is 0 Å². The van der Waals surface area contributed by atoms with E-state index in [2.05, 4.69) is 9.71 Å². The zero-order valence-corrected chi connectivity index (χ0v) is 14.9. The molecule has 1 amide bonds. The number of carbonyl (C=O) groups is 1. The number of nitrogens with one attached hydrogen (secondary N) is 1. The van der Waals surface area contributed by atoms with E-state index in [-0.39, 0.29) is 17.5 Å². The molecule has 1 aliphatic rings. The predicted molar refractivity (Wildman–Crippen MR) is 92.0 cm³/mol. The van der Waals surface area contributed by atoms with Crippen LogP contribution in [0.2, 0.25) is 0 Å². The molecular formula is C16H21N3O4S. The van der Waals surface area contributed by atoms with E-state index in [0.717, 1.165) is 9.87 Å². The summed E-state index contributed by atoms with van der Waals surface area (Å²) in [6.07, 6.45) is 1.47. The lowest BCUT2D eigenvalue weighted by atomic mass is 10.1. The minimum atomic E-state index is -3.95. The second kappa shape index (κ2) is 7.14. The summed E-state index contributed by atoms with van der Waals surface area (Å²) in [5.41, 5.74) is 1.93. The van der Waals surface area contributed by atoms with Crippen LogP contribution < -0.4 is 5.32 Å². The van der Waals surface area contributed by atoms with Crippen LogP contribution in [-0.4, -0.2) is 51.1 Å². The van der Waals surface area contributed by atoms with Gasteiger partial charge in [-0.25, -0.2) is 4.31 Å². The van der Waals surface area contributed by atoms with Gasteiger partial charge in [0.05, 0.1) is 12.3 Å². The van der Waals surface area contributed by atoms with Gasteiger partial charge in [-0.1, -0.05) is 29.8 Å². The molecule has 24 heavy (non-hydrogen) atoms. The lowest BCUT2D eigenvalue weighted by Crippen LogP contribution is -2.42. The van der Waals surface area contributed by atoms with Crippen LogP contribution in [0, 0.1) is 6.92 Å². The van der Waals surface area contributed by atoms with Gasteiger partial charge in [-0.05, 0) is 19.9 Å². The molecule has 0 saturated heterocycles. The summed E-state index contributed by atoms with van der Waals surface area (Å²) in [4.78, 5) is 12.4. The molecule has 0 saturated carbocycles. The van der Waals surface area contributed by atoms with Crippen LogP contribution in [0.15, 0.2) is 40.4 Å². The maximum atomic E-state index is 12.4. The van der Waals surface area contributed by atoms with Gasteiger partial charge >= 0.3 is 10.2 Å². The Morgan fingerprint density at radius 3 is 2.54 bits per heavy atom. The molecule has 130 valence electrons. The SMILES string of the molecule is COC[C@@H](C)NC(=O)C1=CC(c2ccc(C)cc2)=NS(=O)(=O)N1C. The highest BCUT2D eigenvalue weighted by Crippen LogP contribution is 2.20. The first-order chi connectivity index (χ1) is 11.2. The monoisotopic (exact) mass is 351 g/mol. The van der Waals surface area contributed by atoms with Gasteiger partial charge in [0.1, 0.15) is 5.70 Å². The average molecular weight is 351 g/mol. The first-order valence-electron chi connectivity index (χ1n) is 7.42. The number of hydrogen-bond donors (Lipinski definition) is 1. The largest absolute Gasteiger partial charge is 0.383 e. The lowest BCUT2D eigenvalue weighted by molar-refractivity contribution is -0.119. The van der Waals surface area contributed by atoms with Gasteiger partial charge in [0.25, 0.3) is 5.91 Å². The van der Waals surface area contributed by atoms with Gasteiger partial charge < -0.3 is 10.1 Å². The Balaban J connectivity index is 2.37. The Hall–Kier alpha value is -2.19. The quantitative estimate of drug-likeness (QED) is 0.857. The van der Waals surface area contributed by atoms with Gasteiger partial charge in [0.2, 0.25) is 0 Å². The summed E-state index contributed by atoms with van der Waals surface area (Å²) in [6.45, 7) is 4.03. The third-order valence-electron chi connectivity index (χ3n) is 3.55. The Kier molecular flexibility index (Phi) is 5.40. The van der Waals surface area contributed by atoms with E-state index >= 15 is 0 Å². The summed E-state index contributed by atoms with van der Waals surface area (Å²) in [6, 6.07) is 7.01. The molecule has 2 rings (SSSR count). The topological polar surface area (TPSA) is 88.1 Å². The molecule has 1 N–H and O–H groups in total. The number of methoxy groups -OCH3 is 1. The number of aryl methyl sites for hydroxylation is 1. The van der Waals surface area contributed by atoms with Crippen LogP contribution in [0.1, 0.15) is 18.1 Å². The summed E-state index contributed by atoms with van der Waals surface area (Å²) < 4.78 is 34.1. The third kappa shape index (κ3) is 4.01. The van der Waals surface area contributed by atoms with Crippen LogP contribution in [0.4, 0.5) is 0 Å². The molecule has 1 aromatic rings. The molecule has 1 aromatic carbocycles. The maximum absolute atomic E-state index is 12.4. The Labute approximate surface area is 142 Å². The molecule has 0 spiro atoms. The number of allylic oxidation sites excluding steroid dienone is 1. The Bertz CT molecular complexity index is 782. The van der Waals surface area contributed by atoms with Crippen molar-refractivity contribution in [2.24, 2.45) is 4.40 Å². The van der Waals surface area contributed by atoms with Gasteiger partial charge in [0, 0.05) is 25.8 Å². The van der Waals surface area contributed by atoms with Crippen LogP contribution in [0.3, 0.4) is 0 Å². The molecule has 0 unspecified atom stereocenters. The predicted octanol–water partition coefficient (Wildman–Crippen LogP) is 1.01. The van der Waals surface area contributed by atoms with Crippen molar-refractivity contribution in [3.8, 4) is 0 Å². The normalized spacial score (nSPS) is 17.8. The number of rotatable bonds is 5. The Morgan fingerprint density at radius 1 is 1.33 bits per heavy atom. The van der Waals surface area contributed by atoms with Crippen LogP contribution >= 0.6 is 0 Å². The van der Waals surface area contributed by atoms with Crippen LogP contribution in [0.25, 0.3) is 0 Å². The van der Waals surface area contributed by atoms with Gasteiger partial charge in [-0.3, -0.25) is 4.79 Å². The summed E-state index contributed by atoms with van der Waals surface area (Å²) in [5, 5.41) is 2.71. The smallest absolute Gasteiger partial charge is 0.345 e. The number of amides is 1. The van der Waals surface area contributed by atoms with E-state index in [9.17, 15) is 13.2 Å². The fourth-order valence-electron chi connectivity index (χ4n) is 2.21. The molecular weight excluding hydrogens is 330 g/mol. The standard InChI is InChI=1S/C16H21N3O4S/c1-11-5-7-13(8-6-11)14-9-15(19(3)24(21,22)18-14)16(20)17-12(2)10-23-4/h5-9,12H,10H2,1-4H3,(H,17,20)/t12-/m1/s1. The highest BCUT2D eigenvalue weighted by atomic mass is 32.2. The van der Waals surface area contributed by atoms with E-state index in [1.54, 1.807) is 19.1 Å². The van der Waals surface area contributed by atoms with Crippen molar-refractivity contribution >= 4 is 21.8 Å². The fraction of sp³-hybridized carbons (Fsp3) is 0.375. The lowest BCUT2D eigenvalue weighted by Gasteiger charge is -2.24. The molecule has 1 aliphatic heterocycles.